The molecule has 40 valence electrons. The molecule has 0 aromatic heterocycles. The molecule has 8 heavy (non-hydrogen) atoms. The molecular weight excluding hydrogens is 168 g/mol. The van der Waals surface area contributed by atoms with Gasteiger partial charge in [-0.15, -0.1) is 0 Å². The number of allylic oxidation sites excluding steroid dienone is 2. The zero-order chi connectivity index (χ0) is 6.41. The Morgan fingerprint density at radius 1 is 1.50 bits per heavy atom. The molecule has 0 aromatic carbocycles. The Kier molecular flexibility index (Phi) is 3.93. The summed E-state index contributed by atoms with van der Waals surface area (Å²) in [4.78, 5) is 0. The quantitative estimate of drug-likeness (QED) is 0.441. The maximum atomic E-state index is 8.10. The molecule has 2 nitrogen and oxygen atoms in total. The summed E-state index contributed by atoms with van der Waals surface area (Å²) in [5, 5.41) is 16.8. The Hall–Kier alpha value is -0.800. The van der Waals surface area contributed by atoms with E-state index < -0.39 is 0 Å². The minimum Gasteiger partial charge on any atom is -0.192 e. The molecule has 0 saturated heterocycles. The Bertz CT molecular complexity index is 154. The lowest BCUT2D eigenvalue weighted by Crippen LogP contribution is -1.70. The summed E-state index contributed by atoms with van der Waals surface area (Å²) in [7, 11) is 0. The van der Waals surface area contributed by atoms with Crippen molar-refractivity contribution in [1.29, 1.82) is 10.5 Å². The van der Waals surface area contributed by atoms with Gasteiger partial charge in [-0.05, 0) is 6.08 Å². The van der Waals surface area contributed by atoms with Gasteiger partial charge in [0.25, 0.3) is 0 Å². The maximum absolute atomic E-state index is 8.10. The van der Waals surface area contributed by atoms with Gasteiger partial charge in [-0.25, -0.2) is 0 Å². The Balaban J connectivity index is 3.99. The first kappa shape index (κ1) is 7.20. The summed E-state index contributed by atoms with van der Waals surface area (Å²) in [5.74, 6) is 0. The van der Waals surface area contributed by atoms with Crippen molar-refractivity contribution in [3.63, 3.8) is 0 Å². The second-order valence-electron chi connectivity index (χ2n) is 0.996. The minimum absolute atomic E-state index is 0.155. The van der Waals surface area contributed by atoms with Crippen LogP contribution in [0.3, 0.4) is 0 Å². The number of hydrogen-bond acceptors (Lipinski definition) is 2. The van der Waals surface area contributed by atoms with Crippen LogP contribution in [0.5, 0.6) is 0 Å². The van der Waals surface area contributed by atoms with E-state index in [-0.39, 0.29) is 5.57 Å². The highest BCUT2D eigenvalue weighted by Crippen LogP contribution is 1.90. The van der Waals surface area contributed by atoms with Crippen molar-refractivity contribution in [3.05, 3.63) is 11.6 Å². The molecule has 0 aliphatic heterocycles. The fourth-order valence-corrected chi connectivity index (χ4v) is 0.517. The molecule has 0 fully saturated rings. The van der Waals surface area contributed by atoms with Gasteiger partial charge in [0, 0.05) is 5.33 Å². The average Bonchev–Trinajstić information content (AvgIpc) is 1.83. The summed E-state index contributed by atoms with van der Waals surface area (Å²) in [6.07, 6.45) is 1.51. The molecular formula is C5H3BrN2. The van der Waals surface area contributed by atoms with Crippen molar-refractivity contribution in [2.45, 2.75) is 0 Å². The van der Waals surface area contributed by atoms with E-state index in [0.29, 0.717) is 5.33 Å². The van der Waals surface area contributed by atoms with Gasteiger partial charge in [0.05, 0.1) is 0 Å². The van der Waals surface area contributed by atoms with E-state index in [1.165, 1.54) is 6.08 Å². The maximum Gasteiger partial charge on any atom is 0.126 e. The fraction of sp³-hybridized carbons (Fsp3) is 0.200. The van der Waals surface area contributed by atoms with Gasteiger partial charge >= 0.3 is 0 Å². The summed E-state index contributed by atoms with van der Waals surface area (Å²) in [5.41, 5.74) is 0.155. The van der Waals surface area contributed by atoms with E-state index in [4.69, 9.17) is 10.5 Å². The summed E-state index contributed by atoms with van der Waals surface area (Å²) >= 11 is 3.05. The summed E-state index contributed by atoms with van der Waals surface area (Å²) in [6, 6.07) is 3.45. The van der Waals surface area contributed by atoms with Crippen LogP contribution in [0.25, 0.3) is 0 Å². The molecule has 0 amide bonds. The minimum atomic E-state index is 0.155. The smallest absolute Gasteiger partial charge is 0.126 e. The van der Waals surface area contributed by atoms with Gasteiger partial charge in [0.15, 0.2) is 0 Å². The van der Waals surface area contributed by atoms with Crippen molar-refractivity contribution in [2.24, 2.45) is 0 Å². The normalized spacial score (nSPS) is 6.38. The summed E-state index contributed by atoms with van der Waals surface area (Å²) < 4.78 is 0. The van der Waals surface area contributed by atoms with Crippen molar-refractivity contribution in [1.82, 2.24) is 0 Å². The van der Waals surface area contributed by atoms with Crippen LogP contribution in [-0.4, -0.2) is 5.33 Å². The third kappa shape index (κ3) is 2.39. The third-order valence-electron chi connectivity index (χ3n) is 0.522. The lowest BCUT2D eigenvalue weighted by Gasteiger charge is -1.73. The van der Waals surface area contributed by atoms with Gasteiger partial charge in [-0.1, -0.05) is 15.9 Å². The first-order valence-electron chi connectivity index (χ1n) is 1.91. The van der Waals surface area contributed by atoms with Crippen LogP contribution >= 0.6 is 15.9 Å². The van der Waals surface area contributed by atoms with Crippen LogP contribution in [0.15, 0.2) is 11.6 Å². The van der Waals surface area contributed by atoms with Gasteiger partial charge in [-0.2, -0.15) is 10.5 Å². The lowest BCUT2D eigenvalue weighted by atomic mass is 10.3. The molecule has 0 atom stereocenters. The van der Waals surface area contributed by atoms with Crippen LogP contribution in [0, 0.1) is 22.7 Å². The van der Waals surface area contributed by atoms with E-state index in [2.05, 4.69) is 15.9 Å². The van der Waals surface area contributed by atoms with Gasteiger partial charge in [0.1, 0.15) is 17.7 Å². The molecule has 0 radical (unpaired) electrons. The number of rotatable bonds is 1. The highest BCUT2D eigenvalue weighted by molar-refractivity contribution is 9.09. The first-order valence-corrected chi connectivity index (χ1v) is 3.03. The lowest BCUT2D eigenvalue weighted by molar-refractivity contribution is 1.45. The first-order chi connectivity index (χ1) is 3.85. The van der Waals surface area contributed by atoms with Crippen LogP contribution in [0.1, 0.15) is 0 Å². The topological polar surface area (TPSA) is 47.6 Å². The molecule has 0 spiro atoms. The number of nitriles is 2. The van der Waals surface area contributed by atoms with Crippen LogP contribution in [-0.2, 0) is 0 Å². The Labute approximate surface area is 56.2 Å². The van der Waals surface area contributed by atoms with Gasteiger partial charge in [0.2, 0.25) is 0 Å². The molecule has 0 rings (SSSR count). The van der Waals surface area contributed by atoms with E-state index in [0.717, 1.165) is 0 Å². The number of halogens is 1. The van der Waals surface area contributed by atoms with E-state index in [1.807, 2.05) is 0 Å². The van der Waals surface area contributed by atoms with Crippen molar-refractivity contribution in [3.8, 4) is 12.1 Å². The molecule has 3 heteroatoms. The predicted octanol–water partition coefficient (Wildman–Crippen LogP) is 1.35. The predicted molar refractivity (Wildman–Crippen MR) is 33.1 cm³/mol. The monoisotopic (exact) mass is 170 g/mol. The molecule has 0 heterocycles. The van der Waals surface area contributed by atoms with Crippen molar-refractivity contribution in [2.75, 3.05) is 5.33 Å². The highest BCUT2D eigenvalue weighted by atomic mass is 79.9. The average molecular weight is 171 g/mol. The van der Waals surface area contributed by atoms with E-state index >= 15 is 0 Å². The standard InChI is InChI=1S/C5H3BrN2/c6-2-1-5(3-7)4-8/h1H,2H2. The Morgan fingerprint density at radius 3 is 2.12 bits per heavy atom. The SMILES string of the molecule is N#CC(C#N)=CCBr. The van der Waals surface area contributed by atoms with Gasteiger partial charge < -0.3 is 0 Å². The molecule has 0 saturated carbocycles. The second kappa shape index (κ2) is 4.36. The van der Waals surface area contributed by atoms with Crippen LogP contribution in [0.2, 0.25) is 0 Å². The van der Waals surface area contributed by atoms with E-state index in [1.54, 1.807) is 12.1 Å². The Morgan fingerprint density at radius 2 is 2.00 bits per heavy atom. The molecule has 0 aromatic rings. The molecule has 0 bridgehead atoms. The van der Waals surface area contributed by atoms with Crippen LogP contribution in [0.4, 0.5) is 0 Å². The molecule has 0 aliphatic rings. The molecule has 0 unspecified atom stereocenters. The molecule has 0 N–H and O–H groups in total. The number of alkyl halides is 1. The molecule has 0 aliphatic carbocycles. The third-order valence-corrected chi connectivity index (χ3v) is 0.846. The summed E-state index contributed by atoms with van der Waals surface area (Å²) in [6.45, 7) is 0. The second-order valence-corrected chi connectivity index (χ2v) is 1.64. The highest BCUT2D eigenvalue weighted by Gasteiger charge is 1.85. The van der Waals surface area contributed by atoms with Crippen molar-refractivity contribution >= 4 is 15.9 Å². The zero-order valence-corrected chi connectivity index (χ0v) is 5.64. The number of nitrogens with zero attached hydrogens (tertiary/aromatic N) is 2. The fourth-order valence-electron chi connectivity index (χ4n) is 0.193. The zero-order valence-electron chi connectivity index (χ0n) is 4.06. The van der Waals surface area contributed by atoms with E-state index in [9.17, 15) is 0 Å². The van der Waals surface area contributed by atoms with Crippen molar-refractivity contribution < 1.29 is 0 Å². The van der Waals surface area contributed by atoms with Gasteiger partial charge in [-0.3, -0.25) is 0 Å². The number of hydrogen-bond donors (Lipinski definition) is 0. The van der Waals surface area contributed by atoms with Crippen LogP contribution < -0.4 is 0 Å². The largest absolute Gasteiger partial charge is 0.192 e.